The van der Waals surface area contributed by atoms with E-state index >= 15 is 0 Å². The fourth-order valence-electron chi connectivity index (χ4n) is 4.80. The number of fused-ring (bicyclic) bond motifs is 2. The Morgan fingerprint density at radius 3 is 2.28 bits per heavy atom. The molecule has 1 saturated heterocycles. The van der Waals surface area contributed by atoms with Crippen molar-refractivity contribution in [2.24, 2.45) is 10.8 Å². The molecule has 1 spiro atoms. The summed E-state index contributed by atoms with van der Waals surface area (Å²) >= 11 is 0. The number of esters is 2. The molecule has 0 amide bonds. The lowest BCUT2D eigenvalue weighted by Crippen LogP contribution is -2.72. The van der Waals surface area contributed by atoms with E-state index in [1.807, 2.05) is 0 Å². The Morgan fingerprint density at radius 1 is 1.04 bits per heavy atom. The molecule has 25 heavy (non-hydrogen) atoms. The van der Waals surface area contributed by atoms with Gasteiger partial charge in [-0.3, -0.25) is 9.59 Å². The topological polar surface area (TPSA) is 80.3 Å². The van der Waals surface area contributed by atoms with Crippen LogP contribution in [0.1, 0.15) is 46.0 Å². The molecule has 4 aliphatic rings. The maximum atomic E-state index is 13.0. The normalized spacial score (nSPS) is 36.2. The lowest BCUT2D eigenvalue weighted by atomic mass is 9.49. The van der Waals surface area contributed by atoms with Gasteiger partial charge >= 0.3 is 11.9 Å². The highest BCUT2D eigenvalue weighted by Crippen LogP contribution is 2.65. The molecule has 4 rings (SSSR count). The Bertz CT molecular complexity index is 528. The number of ether oxygens (including phenoxy) is 5. The van der Waals surface area contributed by atoms with Crippen LogP contribution in [0.5, 0.6) is 0 Å². The average molecular weight is 356 g/mol. The third-order valence-electron chi connectivity index (χ3n) is 6.02. The van der Waals surface area contributed by atoms with Gasteiger partial charge in [0.1, 0.15) is 5.41 Å². The Kier molecular flexibility index (Phi) is 5.10. The van der Waals surface area contributed by atoms with Crippen LogP contribution in [-0.4, -0.2) is 57.4 Å². The molecule has 3 saturated carbocycles. The molecule has 3 atom stereocenters. The van der Waals surface area contributed by atoms with Crippen LogP contribution in [0.3, 0.4) is 0 Å². The van der Waals surface area contributed by atoms with Gasteiger partial charge in [-0.25, -0.2) is 0 Å². The third kappa shape index (κ3) is 2.59. The number of hydrogen-bond acceptors (Lipinski definition) is 7. The molecule has 3 aliphatic carbocycles. The number of methoxy groups -OCH3 is 1. The van der Waals surface area contributed by atoms with Crippen molar-refractivity contribution >= 4 is 11.9 Å². The van der Waals surface area contributed by atoms with Gasteiger partial charge < -0.3 is 23.7 Å². The van der Waals surface area contributed by atoms with Crippen LogP contribution in [0.4, 0.5) is 0 Å². The Morgan fingerprint density at radius 2 is 1.68 bits per heavy atom. The van der Waals surface area contributed by atoms with Crippen molar-refractivity contribution in [3.63, 3.8) is 0 Å². The van der Waals surface area contributed by atoms with E-state index in [1.165, 1.54) is 0 Å². The standard InChI is InChI=1S/C18H28O7/c1-4-22-14(19)16-7-8-17(11-13(16)21-3,15(20)23-5-2)18(12-16)24-9-6-10-25-18/h13H,4-12H2,1-3H3. The Balaban J connectivity index is 2.04. The highest BCUT2D eigenvalue weighted by molar-refractivity contribution is 5.84. The number of hydrogen-bond donors (Lipinski definition) is 0. The summed E-state index contributed by atoms with van der Waals surface area (Å²) in [6.45, 7) is 5.15. The summed E-state index contributed by atoms with van der Waals surface area (Å²) < 4.78 is 28.6. The van der Waals surface area contributed by atoms with Crippen LogP contribution in [0.2, 0.25) is 0 Å². The molecule has 1 aliphatic heterocycles. The molecule has 1 heterocycles. The number of carbonyl (C=O) groups is 2. The van der Waals surface area contributed by atoms with Gasteiger partial charge in [0.25, 0.3) is 0 Å². The molecule has 0 N–H and O–H groups in total. The molecule has 0 aromatic carbocycles. The zero-order valence-corrected chi connectivity index (χ0v) is 15.3. The molecule has 3 unspecified atom stereocenters. The summed E-state index contributed by atoms with van der Waals surface area (Å²) in [5.41, 5.74) is -1.80. The molecule has 0 aromatic rings. The van der Waals surface area contributed by atoms with Gasteiger partial charge in [0.15, 0.2) is 5.79 Å². The monoisotopic (exact) mass is 356 g/mol. The van der Waals surface area contributed by atoms with Crippen molar-refractivity contribution in [1.82, 2.24) is 0 Å². The zero-order chi connectivity index (χ0) is 18.1. The van der Waals surface area contributed by atoms with Gasteiger partial charge in [-0.05, 0) is 39.5 Å². The highest BCUT2D eigenvalue weighted by atomic mass is 16.7. The predicted molar refractivity (Wildman–Crippen MR) is 86.6 cm³/mol. The van der Waals surface area contributed by atoms with Gasteiger partial charge in [0, 0.05) is 13.5 Å². The first-order valence-electron chi connectivity index (χ1n) is 9.15. The first-order valence-corrected chi connectivity index (χ1v) is 9.15. The van der Waals surface area contributed by atoms with Crippen LogP contribution in [0.25, 0.3) is 0 Å². The van der Waals surface area contributed by atoms with Gasteiger partial charge in [0.05, 0.1) is 37.9 Å². The molecular formula is C18H28O7. The van der Waals surface area contributed by atoms with E-state index in [0.717, 1.165) is 6.42 Å². The van der Waals surface area contributed by atoms with Crippen LogP contribution in [0, 0.1) is 10.8 Å². The second kappa shape index (κ2) is 6.85. The molecule has 4 fully saturated rings. The summed E-state index contributed by atoms with van der Waals surface area (Å²) in [5, 5.41) is 0. The molecule has 2 bridgehead atoms. The molecule has 7 heteroatoms. The second-order valence-electron chi connectivity index (χ2n) is 7.09. The lowest BCUT2D eigenvalue weighted by molar-refractivity contribution is -0.372. The summed E-state index contributed by atoms with van der Waals surface area (Å²) in [6, 6.07) is 0. The van der Waals surface area contributed by atoms with E-state index in [9.17, 15) is 9.59 Å². The number of rotatable bonds is 5. The largest absolute Gasteiger partial charge is 0.465 e. The van der Waals surface area contributed by atoms with Crippen molar-refractivity contribution in [2.75, 3.05) is 33.5 Å². The fraction of sp³-hybridized carbons (Fsp3) is 0.889. The highest BCUT2D eigenvalue weighted by Gasteiger charge is 2.75. The van der Waals surface area contributed by atoms with Crippen molar-refractivity contribution in [2.45, 2.75) is 57.8 Å². The number of carbonyl (C=O) groups excluding carboxylic acids is 2. The second-order valence-corrected chi connectivity index (χ2v) is 7.09. The average Bonchev–Trinajstić information content (AvgIpc) is 2.63. The van der Waals surface area contributed by atoms with Crippen LogP contribution in [-0.2, 0) is 33.3 Å². The predicted octanol–water partition coefficient (Wildman–Crippen LogP) is 1.82. The molecule has 0 aromatic heterocycles. The van der Waals surface area contributed by atoms with E-state index in [4.69, 9.17) is 23.7 Å². The summed E-state index contributed by atoms with van der Waals surface area (Å²) in [6.07, 6.45) is 1.89. The first kappa shape index (κ1) is 18.6. The Labute approximate surface area is 148 Å². The van der Waals surface area contributed by atoms with Crippen molar-refractivity contribution < 1.29 is 33.3 Å². The van der Waals surface area contributed by atoms with Gasteiger partial charge in [-0.2, -0.15) is 0 Å². The maximum Gasteiger partial charge on any atom is 0.317 e. The quantitative estimate of drug-likeness (QED) is 0.695. The summed E-state index contributed by atoms with van der Waals surface area (Å²) in [5.74, 6) is -1.76. The van der Waals surface area contributed by atoms with E-state index in [2.05, 4.69) is 0 Å². The Hall–Kier alpha value is -1.18. The zero-order valence-electron chi connectivity index (χ0n) is 15.3. The molecule has 0 radical (unpaired) electrons. The molecule has 7 nitrogen and oxygen atoms in total. The first-order chi connectivity index (χ1) is 12.0. The van der Waals surface area contributed by atoms with E-state index < -0.39 is 22.7 Å². The van der Waals surface area contributed by atoms with E-state index in [0.29, 0.717) is 39.1 Å². The minimum absolute atomic E-state index is 0.260. The summed E-state index contributed by atoms with van der Waals surface area (Å²) in [7, 11) is 1.57. The van der Waals surface area contributed by atoms with Crippen molar-refractivity contribution in [3.05, 3.63) is 0 Å². The van der Waals surface area contributed by atoms with E-state index in [-0.39, 0.29) is 25.0 Å². The SMILES string of the molecule is CCOC(=O)C12CCC(C(=O)OCC)(CC1OC)C1(C2)OCCCO1. The van der Waals surface area contributed by atoms with Crippen molar-refractivity contribution in [1.29, 1.82) is 0 Å². The smallest absolute Gasteiger partial charge is 0.317 e. The van der Waals surface area contributed by atoms with Crippen LogP contribution in [0.15, 0.2) is 0 Å². The van der Waals surface area contributed by atoms with Gasteiger partial charge in [0.2, 0.25) is 0 Å². The van der Waals surface area contributed by atoms with Crippen LogP contribution < -0.4 is 0 Å². The van der Waals surface area contributed by atoms with Crippen molar-refractivity contribution in [3.8, 4) is 0 Å². The lowest BCUT2D eigenvalue weighted by Gasteiger charge is -2.63. The van der Waals surface area contributed by atoms with E-state index in [1.54, 1.807) is 21.0 Å². The van der Waals surface area contributed by atoms with Gasteiger partial charge in [-0.15, -0.1) is 0 Å². The minimum atomic E-state index is -1.14. The minimum Gasteiger partial charge on any atom is -0.465 e. The third-order valence-corrected chi connectivity index (χ3v) is 6.02. The molecule has 142 valence electrons. The molecular weight excluding hydrogens is 328 g/mol. The fourth-order valence-corrected chi connectivity index (χ4v) is 4.80. The summed E-state index contributed by atoms with van der Waals surface area (Å²) in [4.78, 5) is 25.8. The maximum absolute atomic E-state index is 13.0. The van der Waals surface area contributed by atoms with Crippen LogP contribution >= 0.6 is 0 Å². The van der Waals surface area contributed by atoms with Gasteiger partial charge in [-0.1, -0.05) is 0 Å².